The van der Waals surface area contributed by atoms with E-state index in [1.54, 1.807) is 18.7 Å². The van der Waals surface area contributed by atoms with Crippen molar-refractivity contribution >= 4 is 21.4 Å². The van der Waals surface area contributed by atoms with Gasteiger partial charge in [0.25, 0.3) is 0 Å². The number of hydrogen-bond acceptors (Lipinski definition) is 6. The summed E-state index contributed by atoms with van der Waals surface area (Å²) in [5.41, 5.74) is 0.543. The summed E-state index contributed by atoms with van der Waals surface area (Å²) < 4.78 is 25.3. The fourth-order valence-corrected chi connectivity index (χ4v) is 6.09. The molecular weight excluding hydrogens is 372 g/mol. The monoisotopic (exact) mass is 398 g/mol. The molecule has 1 aromatic rings. The van der Waals surface area contributed by atoms with Crippen molar-refractivity contribution in [2.24, 2.45) is 0 Å². The molecule has 9 nitrogen and oxygen atoms in total. The Morgan fingerprint density at radius 3 is 2.41 bits per heavy atom. The summed E-state index contributed by atoms with van der Waals surface area (Å²) in [5.74, 6) is -0.0871. The van der Waals surface area contributed by atoms with E-state index in [-0.39, 0.29) is 47.4 Å². The number of carbonyl (C=O) groups is 1. The minimum atomic E-state index is -3.11. The summed E-state index contributed by atoms with van der Waals surface area (Å²) in [5, 5.41) is 15.4. The average Bonchev–Trinajstić information content (AvgIpc) is 3.07. The lowest BCUT2D eigenvalue weighted by atomic mass is 9.93. The summed E-state index contributed by atoms with van der Waals surface area (Å²) in [6, 6.07) is -0.269. The van der Waals surface area contributed by atoms with Gasteiger partial charge in [-0.3, -0.25) is 19.6 Å². The smallest absolute Gasteiger partial charge is 0.312 e. The molecule has 1 aliphatic heterocycles. The Balaban J connectivity index is 1.85. The number of nitrogens with zero attached hydrogens (tertiary/aromatic N) is 4. The molecule has 27 heavy (non-hydrogen) atoms. The van der Waals surface area contributed by atoms with E-state index in [9.17, 15) is 23.3 Å². The van der Waals surface area contributed by atoms with E-state index in [0.29, 0.717) is 12.1 Å². The van der Waals surface area contributed by atoms with E-state index in [2.05, 4.69) is 5.10 Å². The summed E-state index contributed by atoms with van der Waals surface area (Å²) in [7, 11) is -3.11. The first kappa shape index (κ1) is 19.8. The van der Waals surface area contributed by atoms with Gasteiger partial charge in [0, 0.05) is 12.1 Å². The molecule has 1 amide bonds. The molecule has 1 atom stereocenters. The second kappa shape index (κ2) is 7.57. The Labute approximate surface area is 158 Å². The van der Waals surface area contributed by atoms with Gasteiger partial charge in [0.1, 0.15) is 17.9 Å². The summed E-state index contributed by atoms with van der Waals surface area (Å²) in [6.45, 7) is 3.03. The highest BCUT2D eigenvalue weighted by Gasteiger charge is 2.39. The van der Waals surface area contributed by atoms with Crippen LogP contribution in [0, 0.1) is 24.0 Å². The highest BCUT2D eigenvalue weighted by molar-refractivity contribution is 7.91. The standard InChI is InChI=1S/C17H26N4O5S/c1-12-17(21(23)24)13(2)19(18-12)10-16(22)20(14-6-4-3-5-7-14)15-8-9-27(25,26)11-15/h14-15H,3-11H2,1-2H3. The van der Waals surface area contributed by atoms with Gasteiger partial charge in [-0.05, 0) is 33.1 Å². The number of rotatable bonds is 5. The number of carbonyl (C=O) groups excluding carboxylic acids is 1. The predicted molar refractivity (Wildman–Crippen MR) is 99.1 cm³/mol. The molecule has 1 saturated carbocycles. The van der Waals surface area contributed by atoms with Crippen LogP contribution in [0.3, 0.4) is 0 Å². The zero-order valence-corrected chi connectivity index (χ0v) is 16.6. The molecule has 0 N–H and O–H groups in total. The van der Waals surface area contributed by atoms with Gasteiger partial charge in [-0.15, -0.1) is 0 Å². The van der Waals surface area contributed by atoms with Gasteiger partial charge in [-0.2, -0.15) is 5.10 Å². The molecule has 3 rings (SSSR count). The minimum absolute atomic E-state index is 0.00645. The maximum atomic E-state index is 13.2. The molecule has 1 aliphatic carbocycles. The van der Waals surface area contributed by atoms with Gasteiger partial charge in [0.05, 0.1) is 16.4 Å². The highest BCUT2D eigenvalue weighted by Crippen LogP contribution is 2.29. The van der Waals surface area contributed by atoms with Crippen LogP contribution in [0.25, 0.3) is 0 Å². The van der Waals surface area contributed by atoms with Crippen LogP contribution >= 0.6 is 0 Å². The number of aromatic nitrogens is 2. The second-order valence-electron chi connectivity index (χ2n) is 7.58. The van der Waals surface area contributed by atoms with Gasteiger partial charge < -0.3 is 4.90 Å². The van der Waals surface area contributed by atoms with Crippen LogP contribution in [-0.2, 0) is 21.2 Å². The van der Waals surface area contributed by atoms with Crippen LogP contribution in [-0.4, -0.2) is 57.5 Å². The normalized spacial score (nSPS) is 22.7. The summed E-state index contributed by atoms with van der Waals surface area (Å²) in [6.07, 6.45) is 5.39. The van der Waals surface area contributed by atoms with Crippen molar-refractivity contribution in [3.05, 3.63) is 21.5 Å². The molecule has 0 bridgehead atoms. The first-order chi connectivity index (χ1) is 12.7. The third kappa shape index (κ3) is 4.15. The number of amides is 1. The van der Waals surface area contributed by atoms with Crippen molar-refractivity contribution < 1.29 is 18.1 Å². The fraction of sp³-hybridized carbons (Fsp3) is 0.765. The Hall–Kier alpha value is -1.97. The zero-order valence-electron chi connectivity index (χ0n) is 15.8. The second-order valence-corrected chi connectivity index (χ2v) is 9.81. The fourth-order valence-electron chi connectivity index (χ4n) is 4.37. The molecule has 2 fully saturated rings. The van der Waals surface area contributed by atoms with Crippen molar-refractivity contribution in [2.75, 3.05) is 11.5 Å². The van der Waals surface area contributed by atoms with E-state index in [0.717, 1.165) is 32.1 Å². The Kier molecular flexibility index (Phi) is 5.55. The molecular formula is C17H26N4O5S. The lowest BCUT2D eigenvalue weighted by molar-refractivity contribution is -0.386. The van der Waals surface area contributed by atoms with Crippen molar-refractivity contribution in [2.45, 2.75) is 71.0 Å². The lowest BCUT2D eigenvalue weighted by Crippen LogP contribution is -2.50. The first-order valence-corrected chi connectivity index (χ1v) is 11.2. The van der Waals surface area contributed by atoms with E-state index in [1.165, 1.54) is 4.68 Å². The van der Waals surface area contributed by atoms with Crippen LogP contribution in [0.2, 0.25) is 0 Å². The number of sulfone groups is 1. The Morgan fingerprint density at radius 1 is 1.22 bits per heavy atom. The number of hydrogen-bond donors (Lipinski definition) is 0. The summed E-state index contributed by atoms with van der Waals surface area (Å²) in [4.78, 5) is 25.6. The van der Waals surface area contributed by atoms with E-state index in [4.69, 9.17) is 0 Å². The van der Waals surface area contributed by atoms with Crippen LogP contribution in [0.5, 0.6) is 0 Å². The molecule has 150 valence electrons. The lowest BCUT2D eigenvalue weighted by Gasteiger charge is -2.38. The van der Waals surface area contributed by atoms with Crippen molar-refractivity contribution in [1.29, 1.82) is 0 Å². The molecule has 0 radical (unpaired) electrons. The number of nitro groups is 1. The third-order valence-electron chi connectivity index (χ3n) is 5.67. The highest BCUT2D eigenvalue weighted by atomic mass is 32.2. The first-order valence-electron chi connectivity index (χ1n) is 9.39. The van der Waals surface area contributed by atoms with Gasteiger partial charge in [0.2, 0.25) is 5.91 Å². The van der Waals surface area contributed by atoms with E-state index >= 15 is 0 Å². The molecule has 1 aromatic heterocycles. The topological polar surface area (TPSA) is 115 Å². The molecule has 1 saturated heterocycles. The van der Waals surface area contributed by atoms with Gasteiger partial charge in [0.15, 0.2) is 9.84 Å². The van der Waals surface area contributed by atoms with E-state index < -0.39 is 14.8 Å². The minimum Gasteiger partial charge on any atom is -0.334 e. The van der Waals surface area contributed by atoms with Gasteiger partial charge in [-0.25, -0.2) is 8.42 Å². The summed E-state index contributed by atoms with van der Waals surface area (Å²) >= 11 is 0. The van der Waals surface area contributed by atoms with Crippen molar-refractivity contribution in [3.8, 4) is 0 Å². The molecule has 0 aromatic carbocycles. The molecule has 10 heteroatoms. The van der Waals surface area contributed by atoms with E-state index in [1.807, 2.05) is 0 Å². The van der Waals surface area contributed by atoms with Crippen molar-refractivity contribution in [3.63, 3.8) is 0 Å². The SMILES string of the molecule is Cc1nn(CC(=O)N(C2CCCCC2)C2CCS(=O)(=O)C2)c(C)c1[N+](=O)[O-]. The molecule has 2 heterocycles. The zero-order chi connectivity index (χ0) is 19.8. The van der Waals surface area contributed by atoms with Crippen LogP contribution in [0.15, 0.2) is 0 Å². The quantitative estimate of drug-likeness (QED) is 0.551. The Morgan fingerprint density at radius 2 is 1.89 bits per heavy atom. The molecule has 0 spiro atoms. The van der Waals surface area contributed by atoms with Crippen LogP contribution in [0.1, 0.15) is 49.9 Å². The van der Waals surface area contributed by atoms with Gasteiger partial charge in [-0.1, -0.05) is 19.3 Å². The Bertz CT molecular complexity index is 842. The van der Waals surface area contributed by atoms with Gasteiger partial charge >= 0.3 is 5.69 Å². The maximum absolute atomic E-state index is 13.2. The van der Waals surface area contributed by atoms with Crippen LogP contribution < -0.4 is 0 Å². The molecule has 2 aliphatic rings. The third-order valence-corrected chi connectivity index (χ3v) is 7.42. The predicted octanol–water partition coefficient (Wildman–Crippen LogP) is 1.76. The molecule has 1 unspecified atom stereocenters. The van der Waals surface area contributed by atoms with Crippen LogP contribution in [0.4, 0.5) is 5.69 Å². The largest absolute Gasteiger partial charge is 0.334 e. The van der Waals surface area contributed by atoms with Crippen molar-refractivity contribution in [1.82, 2.24) is 14.7 Å². The maximum Gasteiger partial charge on any atom is 0.312 e. The average molecular weight is 398 g/mol. The number of aryl methyl sites for hydroxylation is 1.